The second kappa shape index (κ2) is 9.37. The van der Waals surface area contributed by atoms with Crippen LogP contribution in [0.15, 0.2) is 18.2 Å². The van der Waals surface area contributed by atoms with Crippen molar-refractivity contribution in [2.24, 2.45) is 0 Å². The number of pyridine rings is 1. The van der Waals surface area contributed by atoms with E-state index in [2.05, 4.69) is 38.7 Å². The summed E-state index contributed by atoms with van der Waals surface area (Å²) in [5.41, 5.74) is 3.82. The van der Waals surface area contributed by atoms with E-state index in [1.54, 1.807) is 18.2 Å². The molecule has 1 aromatic heterocycles. The van der Waals surface area contributed by atoms with Crippen LogP contribution >= 0.6 is 23.2 Å². The normalized spacial score (nSPS) is 19.7. The Morgan fingerprint density at radius 1 is 1.26 bits per heavy atom. The maximum atomic E-state index is 13.2. The van der Waals surface area contributed by atoms with Crippen molar-refractivity contribution in [1.29, 1.82) is 5.26 Å². The Bertz CT molecular complexity index is 1170. The Labute approximate surface area is 211 Å². The molecule has 3 heterocycles. The summed E-state index contributed by atoms with van der Waals surface area (Å²) in [5, 5.41) is 11.0. The fourth-order valence-corrected chi connectivity index (χ4v) is 5.36. The van der Waals surface area contributed by atoms with E-state index in [4.69, 9.17) is 32.9 Å². The van der Waals surface area contributed by atoms with E-state index in [0.29, 0.717) is 59.7 Å². The van der Waals surface area contributed by atoms with Crippen LogP contribution in [0.2, 0.25) is 10.0 Å². The number of rotatable bonds is 3. The summed E-state index contributed by atoms with van der Waals surface area (Å²) in [7, 11) is 0. The van der Waals surface area contributed by atoms with E-state index in [1.807, 2.05) is 11.8 Å². The summed E-state index contributed by atoms with van der Waals surface area (Å²) >= 11 is 12.3. The first-order valence-electron chi connectivity index (χ1n) is 11.6. The summed E-state index contributed by atoms with van der Waals surface area (Å²) in [6.45, 7) is 12.5. The number of benzene rings is 1. The minimum Gasteiger partial charge on any atom is -0.370 e. The zero-order valence-electron chi connectivity index (χ0n) is 20.3. The first-order valence-corrected chi connectivity index (χ1v) is 12.4. The van der Waals surface area contributed by atoms with Crippen LogP contribution in [0.4, 0.5) is 5.82 Å². The standard InChI is InChI=1S/C26H30Cl2N4O2/c1-15(2)23-21-14-34-26(4,5)11-19(21)20(12-29)24(30-23)31-8-9-32(16(3)13-31)25(33)18-7-6-17(27)10-22(18)28/h6-7,10,15-16H,8-9,11,13-14H2,1-5H3. The lowest BCUT2D eigenvalue weighted by atomic mass is 9.86. The van der Waals surface area contributed by atoms with E-state index in [9.17, 15) is 10.1 Å². The Morgan fingerprint density at radius 2 is 2.00 bits per heavy atom. The van der Waals surface area contributed by atoms with Gasteiger partial charge in [-0.15, -0.1) is 0 Å². The molecule has 1 aromatic carbocycles. The summed E-state index contributed by atoms with van der Waals surface area (Å²) < 4.78 is 6.06. The van der Waals surface area contributed by atoms with Crippen molar-refractivity contribution in [2.75, 3.05) is 24.5 Å². The first-order chi connectivity index (χ1) is 16.0. The summed E-state index contributed by atoms with van der Waals surface area (Å²) in [4.78, 5) is 22.2. The zero-order valence-corrected chi connectivity index (χ0v) is 21.8. The number of nitrogens with zero attached hydrogens (tertiary/aromatic N) is 4. The molecule has 0 spiro atoms. The fourth-order valence-electron chi connectivity index (χ4n) is 4.87. The molecule has 34 heavy (non-hydrogen) atoms. The number of ether oxygens (including phenoxy) is 1. The Balaban J connectivity index is 1.66. The van der Waals surface area contributed by atoms with Gasteiger partial charge in [0.25, 0.3) is 5.91 Å². The molecular weight excluding hydrogens is 471 g/mol. The van der Waals surface area contributed by atoms with Crippen LogP contribution in [-0.2, 0) is 17.8 Å². The van der Waals surface area contributed by atoms with Crippen molar-refractivity contribution in [3.63, 3.8) is 0 Å². The van der Waals surface area contributed by atoms with Gasteiger partial charge >= 0.3 is 0 Å². The maximum Gasteiger partial charge on any atom is 0.255 e. The number of aromatic nitrogens is 1. The SMILES string of the molecule is CC(C)c1nc(N2CCN(C(=O)c3ccc(Cl)cc3Cl)C(C)C2)c(C#N)c2c1COC(C)(C)C2. The van der Waals surface area contributed by atoms with Gasteiger partial charge in [0, 0.05) is 42.7 Å². The predicted octanol–water partition coefficient (Wildman–Crippen LogP) is 5.59. The van der Waals surface area contributed by atoms with Gasteiger partial charge < -0.3 is 14.5 Å². The highest BCUT2D eigenvalue weighted by atomic mass is 35.5. The van der Waals surface area contributed by atoms with Crippen LogP contribution in [0.5, 0.6) is 0 Å². The molecule has 2 aliphatic heterocycles. The van der Waals surface area contributed by atoms with Crippen molar-refractivity contribution in [3.8, 4) is 6.07 Å². The maximum absolute atomic E-state index is 13.2. The molecule has 1 unspecified atom stereocenters. The van der Waals surface area contributed by atoms with E-state index < -0.39 is 0 Å². The van der Waals surface area contributed by atoms with Gasteiger partial charge in [-0.3, -0.25) is 4.79 Å². The molecule has 2 aliphatic rings. The number of hydrogen-bond acceptors (Lipinski definition) is 5. The number of carbonyl (C=O) groups excluding carboxylic acids is 1. The minimum atomic E-state index is -0.332. The van der Waals surface area contributed by atoms with Crippen molar-refractivity contribution in [3.05, 3.63) is 56.2 Å². The number of halogens is 2. The zero-order chi connectivity index (χ0) is 24.8. The molecule has 0 saturated carbocycles. The Hall–Kier alpha value is -2.33. The first kappa shape index (κ1) is 24.8. The molecule has 8 heteroatoms. The van der Waals surface area contributed by atoms with Gasteiger partial charge in [-0.25, -0.2) is 4.98 Å². The van der Waals surface area contributed by atoms with Gasteiger partial charge in [0.1, 0.15) is 11.9 Å². The second-order valence-electron chi connectivity index (χ2n) is 10.1. The van der Waals surface area contributed by atoms with Crippen LogP contribution in [0.3, 0.4) is 0 Å². The number of nitriles is 1. The number of anilines is 1. The monoisotopic (exact) mass is 500 g/mol. The molecule has 1 saturated heterocycles. The molecule has 0 radical (unpaired) electrons. The van der Waals surface area contributed by atoms with Gasteiger partial charge in [-0.05, 0) is 50.5 Å². The van der Waals surface area contributed by atoms with Crippen molar-refractivity contribution in [1.82, 2.24) is 9.88 Å². The molecule has 0 bridgehead atoms. The molecule has 1 amide bonds. The summed E-state index contributed by atoms with van der Waals surface area (Å²) in [6, 6.07) is 7.30. The summed E-state index contributed by atoms with van der Waals surface area (Å²) in [6.07, 6.45) is 0.670. The Morgan fingerprint density at radius 3 is 2.62 bits per heavy atom. The third-order valence-corrected chi connectivity index (χ3v) is 7.19. The summed E-state index contributed by atoms with van der Waals surface area (Å²) in [5.74, 6) is 0.804. The van der Waals surface area contributed by atoms with Crippen LogP contribution in [0, 0.1) is 11.3 Å². The molecular formula is C26H30Cl2N4O2. The lowest BCUT2D eigenvalue weighted by Crippen LogP contribution is -2.54. The largest absolute Gasteiger partial charge is 0.370 e. The lowest BCUT2D eigenvalue weighted by Gasteiger charge is -2.42. The third kappa shape index (κ3) is 4.62. The minimum absolute atomic E-state index is 0.0837. The quantitative estimate of drug-likeness (QED) is 0.549. The van der Waals surface area contributed by atoms with Crippen molar-refractivity contribution < 1.29 is 9.53 Å². The molecule has 0 N–H and O–H groups in total. The van der Waals surface area contributed by atoms with Gasteiger partial charge in [-0.2, -0.15) is 5.26 Å². The fraction of sp³-hybridized carbons (Fsp3) is 0.500. The van der Waals surface area contributed by atoms with Crippen molar-refractivity contribution >= 4 is 34.9 Å². The number of hydrogen-bond donors (Lipinski definition) is 0. The van der Waals surface area contributed by atoms with Crippen LogP contribution in [-0.4, -0.2) is 47.1 Å². The van der Waals surface area contributed by atoms with Gasteiger partial charge in [-0.1, -0.05) is 37.0 Å². The lowest BCUT2D eigenvalue weighted by molar-refractivity contribution is -0.0408. The topological polar surface area (TPSA) is 69.5 Å². The highest BCUT2D eigenvalue weighted by Gasteiger charge is 2.35. The van der Waals surface area contributed by atoms with Gasteiger partial charge in [0.15, 0.2) is 0 Å². The highest BCUT2D eigenvalue weighted by molar-refractivity contribution is 6.36. The molecule has 1 fully saturated rings. The number of fused-ring (bicyclic) bond motifs is 1. The Kier molecular flexibility index (Phi) is 6.83. The van der Waals surface area contributed by atoms with Crippen LogP contribution in [0.1, 0.15) is 73.3 Å². The highest BCUT2D eigenvalue weighted by Crippen LogP contribution is 2.38. The molecule has 4 rings (SSSR count). The molecule has 2 aromatic rings. The second-order valence-corrected chi connectivity index (χ2v) is 10.9. The number of piperazine rings is 1. The van der Waals surface area contributed by atoms with E-state index in [0.717, 1.165) is 16.8 Å². The molecule has 0 aliphatic carbocycles. The van der Waals surface area contributed by atoms with Gasteiger partial charge in [0.05, 0.1) is 34.1 Å². The number of amides is 1. The van der Waals surface area contributed by atoms with E-state index in [1.165, 1.54) is 0 Å². The third-order valence-electron chi connectivity index (χ3n) is 6.64. The predicted molar refractivity (Wildman–Crippen MR) is 135 cm³/mol. The van der Waals surface area contributed by atoms with Gasteiger partial charge in [0.2, 0.25) is 0 Å². The van der Waals surface area contributed by atoms with Crippen molar-refractivity contribution in [2.45, 2.75) is 65.2 Å². The molecule has 180 valence electrons. The average Bonchev–Trinajstić information content (AvgIpc) is 2.76. The van der Waals surface area contributed by atoms with Crippen LogP contribution in [0.25, 0.3) is 0 Å². The van der Waals surface area contributed by atoms with E-state index >= 15 is 0 Å². The molecule has 6 nitrogen and oxygen atoms in total. The average molecular weight is 501 g/mol. The van der Waals surface area contributed by atoms with E-state index in [-0.39, 0.29) is 23.5 Å². The smallest absolute Gasteiger partial charge is 0.255 e. The van der Waals surface area contributed by atoms with Crippen LogP contribution < -0.4 is 4.90 Å². The number of carbonyl (C=O) groups is 1. The molecule has 1 atom stereocenters.